The van der Waals surface area contributed by atoms with E-state index in [0.717, 1.165) is 0 Å². The summed E-state index contributed by atoms with van der Waals surface area (Å²) >= 11 is 3.86. The van der Waals surface area contributed by atoms with Crippen LogP contribution < -0.4 is 5.32 Å². The van der Waals surface area contributed by atoms with E-state index in [1.165, 1.54) is 17.1 Å². The fourth-order valence-electron chi connectivity index (χ4n) is 1.84. The van der Waals surface area contributed by atoms with Crippen LogP contribution in [0.1, 0.15) is 20.5 Å². The number of amides is 1. The summed E-state index contributed by atoms with van der Waals surface area (Å²) in [6, 6.07) is 7.63. The molecule has 1 fully saturated rings. The number of carbonyl (C=O) groups is 2. The minimum Gasteiger partial charge on any atom is -0.480 e. The Balaban J connectivity index is 1.75. The molecule has 5 nitrogen and oxygen atoms in total. The van der Waals surface area contributed by atoms with Crippen molar-refractivity contribution in [3.63, 3.8) is 0 Å². The first-order chi connectivity index (χ1) is 10.2. The van der Waals surface area contributed by atoms with Crippen LogP contribution in [0, 0.1) is 0 Å². The molecule has 1 saturated heterocycles. The van der Waals surface area contributed by atoms with Crippen molar-refractivity contribution in [1.82, 2.24) is 5.32 Å². The monoisotopic (exact) mass is 327 g/mol. The molecule has 0 aromatic heterocycles. The lowest BCUT2D eigenvalue weighted by Gasteiger charge is -2.09. The number of hydrogen-bond donors (Lipinski definition) is 2. The maximum absolute atomic E-state index is 11.9. The highest BCUT2D eigenvalue weighted by molar-refractivity contribution is 8.19. The molecule has 0 saturated carbocycles. The maximum atomic E-state index is 11.9. The Morgan fingerprint density at radius 2 is 1.90 bits per heavy atom. The summed E-state index contributed by atoms with van der Waals surface area (Å²) in [6.07, 6.45) is 0. The van der Waals surface area contributed by atoms with E-state index in [9.17, 15) is 9.59 Å². The predicted molar refractivity (Wildman–Crippen MR) is 84.9 cm³/mol. The van der Waals surface area contributed by atoms with Gasteiger partial charge in [-0.25, -0.2) is 4.79 Å². The lowest BCUT2D eigenvalue weighted by atomic mass is 10.1. The molecule has 114 valence electrons. The second-order valence-electron chi connectivity index (χ2n) is 4.40. The lowest BCUT2D eigenvalue weighted by Crippen LogP contribution is -2.27. The topological polar surface area (TPSA) is 75.6 Å². The van der Waals surface area contributed by atoms with Gasteiger partial charge < -0.3 is 15.2 Å². The molecule has 0 aliphatic carbocycles. The van der Waals surface area contributed by atoms with Crippen molar-refractivity contribution in [1.29, 1.82) is 0 Å². The van der Waals surface area contributed by atoms with Crippen LogP contribution in [0.25, 0.3) is 0 Å². The van der Waals surface area contributed by atoms with Gasteiger partial charge in [0.1, 0.15) is 6.61 Å². The van der Waals surface area contributed by atoms with Gasteiger partial charge in [0.05, 0.1) is 11.2 Å². The number of hydrogen-bond acceptors (Lipinski definition) is 5. The highest BCUT2D eigenvalue weighted by Gasteiger charge is 2.18. The average molecular weight is 327 g/mol. The zero-order chi connectivity index (χ0) is 15.1. The van der Waals surface area contributed by atoms with Crippen LogP contribution in [0.3, 0.4) is 0 Å². The van der Waals surface area contributed by atoms with E-state index < -0.39 is 5.97 Å². The number of carbonyl (C=O) groups excluding carboxylic acids is 1. The average Bonchev–Trinajstić information content (AvgIpc) is 3.01. The minimum absolute atomic E-state index is 0.174. The maximum Gasteiger partial charge on any atom is 0.329 e. The molecule has 1 aliphatic rings. The van der Waals surface area contributed by atoms with Gasteiger partial charge in [-0.05, 0) is 17.7 Å². The van der Waals surface area contributed by atoms with E-state index in [4.69, 9.17) is 9.84 Å². The third-order valence-corrected chi connectivity index (χ3v) is 5.93. The van der Waals surface area contributed by atoms with Gasteiger partial charge in [0.15, 0.2) is 0 Å². The summed E-state index contributed by atoms with van der Waals surface area (Å²) in [6.45, 7) is 0.134. The van der Waals surface area contributed by atoms with Crippen LogP contribution in [0.15, 0.2) is 24.3 Å². The zero-order valence-corrected chi connectivity index (χ0v) is 13.0. The van der Waals surface area contributed by atoms with Crippen molar-refractivity contribution in [3.8, 4) is 0 Å². The molecule has 0 spiro atoms. The number of aliphatic carboxylic acids is 1. The van der Waals surface area contributed by atoms with Crippen molar-refractivity contribution in [2.45, 2.75) is 4.58 Å². The molecule has 1 aromatic carbocycles. The molecule has 7 heteroatoms. The Hall–Kier alpha value is -1.18. The highest BCUT2D eigenvalue weighted by Crippen LogP contribution is 2.45. The molecule has 21 heavy (non-hydrogen) atoms. The number of benzene rings is 1. The SMILES string of the molecule is O=C(O)COCCNC(=O)c1ccc(C2SCCS2)cc1. The van der Waals surface area contributed by atoms with Crippen LogP contribution >= 0.6 is 23.5 Å². The molecule has 1 heterocycles. The third-order valence-electron chi connectivity index (χ3n) is 2.82. The van der Waals surface area contributed by atoms with Gasteiger partial charge in [0.2, 0.25) is 0 Å². The van der Waals surface area contributed by atoms with Crippen molar-refractivity contribution in [2.24, 2.45) is 0 Å². The van der Waals surface area contributed by atoms with Crippen molar-refractivity contribution in [3.05, 3.63) is 35.4 Å². The summed E-state index contributed by atoms with van der Waals surface area (Å²) in [5.74, 6) is 1.16. The Morgan fingerprint density at radius 1 is 1.24 bits per heavy atom. The van der Waals surface area contributed by atoms with Crippen LogP contribution in [0.4, 0.5) is 0 Å². The molecule has 0 bridgehead atoms. The highest BCUT2D eigenvalue weighted by atomic mass is 32.2. The van der Waals surface area contributed by atoms with Gasteiger partial charge in [-0.1, -0.05) is 12.1 Å². The molecule has 2 N–H and O–H groups in total. The molecular weight excluding hydrogens is 310 g/mol. The van der Waals surface area contributed by atoms with Crippen molar-refractivity contribution in [2.75, 3.05) is 31.3 Å². The second-order valence-corrected chi connectivity index (χ2v) is 7.12. The van der Waals surface area contributed by atoms with E-state index in [1.807, 2.05) is 47.8 Å². The predicted octanol–water partition coefficient (Wildman–Crippen LogP) is 2.00. The van der Waals surface area contributed by atoms with E-state index >= 15 is 0 Å². The third kappa shape index (κ3) is 5.26. The van der Waals surface area contributed by atoms with Crippen LogP contribution in [0.2, 0.25) is 0 Å². The van der Waals surface area contributed by atoms with Gasteiger partial charge in [-0.2, -0.15) is 0 Å². The molecule has 1 aromatic rings. The molecule has 1 aliphatic heterocycles. The summed E-state index contributed by atoms with van der Waals surface area (Å²) in [5.41, 5.74) is 1.84. The van der Waals surface area contributed by atoms with E-state index in [2.05, 4.69) is 5.32 Å². The smallest absolute Gasteiger partial charge is 0.329 e. The number of rotatable bonds is 7. The van der Waals surface area contributed by atoms with Crippen LogP contribution in [-0.4, -0.2) is 48.2 Å². The molecule has 0 unspecified atom stereocenters. The van der Waals surface area contributed by atoms with Crippen molar-refractivity contribution >= 4 is 35.4 Å². The van der Waals surface area contributed by atoms with Crippen molar-refractivity contribution < 1.29 is 19.4 Å². The first-order valence-electron chi connectivity index (χ1n) is 6.58. The fraction of sp³-hybridized carbons (Fsp3) is 0.429. The largest absolute Gasteiger partial charge is 0.480 e. The van der Waals surface area contributed by atoms with Gasteiger partial charge in [0.25, 0.3) is 5.91 Å². The summed E-state index contributed by atoms with van der Waals surface area (Å²) in [7, 11) is 0. The summed E-state index contributed by atoms with van der Waals surface area (Å²) < 4.78 is 5.33. The number of ether oxygens (including phenoxy) is 1. The first kappa shape index (κ1) is 16.2. The Labute approximate surface area is 131 Å². The number of carboxylic acid groups (broad SMARTS) is 1. The summed E-state index contributed by atoms with van der Waals surface area (Å²) in [5, 5.41) is 11.1. The second kappa shape index (κ2) is 8.31. The van der Waals surface area contributed by atoms with Gasteiger partial charge in [-0.3, -0.25) is 4.79 Å². The fourth-order valence-corrected chi connectivity index (χ4v) is 4.70. The van der Waals surface area contributed by atoms with Gasteiger partial charge in [0, 0.05) is 23.6 Å². The molecular formula is C14H17NO4S2. The number of nitrogens with one attached hydrogen (secondary N) is 1. The quantitative estimate of drug-likeness (QED) is 0.746. The van der Waals surface area contributed by atoms with E-state index in [-0.39, 0.29) is 19.1 Å². The molecule has 0 atom stereocenters. The standard InChI is InChI=1S/C14H17NO4S2/c16-12(17)9-19-6-5-15-13(18)10-1-3-11(4-2-10)14-20-7-8-21-14/h1-4,14H,5-9H2,(H,15,18)(H,16,17). The van der Waals surface area contributed by atoms with Crippen LogP contribution in [0.5, 0.6) is 0 Å². The number of carboxylic acids is 1. The Bertz CT molecular complexity index is 486. The minimum atomic E-state index is -1.01. The summed E-state index contributed by atoms with van der Waals surface area (Å²) in [4.78, 5) is 22.1. The molecule has 1 amide bonds. The molecule has 2 rings (SSSR count). The molecule has 0 radical (unpaired) electrons. The van der Waals surface area contributed by atoms with Gasteiger partial charge in [-0.15, -0.1) is 23.5 Å². The normalized spacial score (nSPS) is 15.0. The van der Waals surface area contributed by atoms with Gasteiger partial charge >= 0.3 is 5.97 Å². The first-order valence-corrected chi connectivity index (χ1v) is 8.67. The van der Waals surface area contributed by atoms with E-state index in [0.29, 0.717) is 16.7 Å². The van der Waals surface area contributed by atoms with Crippen LogP contribution in [-0.2, 0) is 9.53 Å². The number of thioether (sulfide) groups is 2. The van der Waals surface area contributed by atoms with E-state index in [1.54, 1.807) is 0 Å². The zero-order valence-electron chi connectivity index (χ0n) is 11.4. The Morgan fingerprint density at radius 3 is 2.52 bits per heavy atom. The Kier molecular flexibility index (Phi) is 6.41. The lowest BCUT2D eigenvalue weighted by molar-refractivity contribution is -0.142.